The fourth-order valence-electron chi connectivity index (χ4n) is 1.45. The van der Waals surface area contributed by atoms with Crippen molar-refractivity contribution in [3.05, 3.63) is 46.1 Å². The van der Waals surface area contributed by atoms with Crippen molar-refractivity contribution < 1.29 is 5.11 Å². The molecule has 1 aromatic carbocycles. The van der Waals surface area contributed by atoms with E-state index in [-0.39, 0.29) is 6.61 Å². The third kappa shape index (κ3) is 2.52. The van der Waals surface area contributed by atoms with E-state index in [4.69, 9.17) is 34.0 Å². The molecule has 0 unspecified atom stereocenters. The molecule has 3 N–H and O–H groups in total. The second-order valence-electron chi connectivity index (χ2n) is 3.52. The van der Waals surface area contributed by atoms with Crippen LogP contribution in [-0.4, -0.2) is 10.1 Å². The number of anilines is 1. The van der Waals surface area contributed by atoms with Gasteiger partial charge in [0, 0.05) is 5.56 Å². The number of aliphatic hydroxyl groups excluding tert-OH is 1. The number of benzene rings is 1. The van der Waals surface area contributed by atoms with Crippen molar-refractivity contribution in [3.63, 3.8) is 0 Å². The molecule has 1 heterocycles. The molecule has 17 heavy (non-hydrogen) atoms. The van der Waals surface area contributed by atoms with Crippen LogP contribution in [0.4, 0.5) is 5.69 Å². The van der Waals surface area contributed by atoms with Crippen molar-refractivity contribution in [1.29, 1.82) is 0 Å². The van der Waals surface area contributed by atoms with E-state index in [9.17, 15) is 0 Å². The zero-order chi connectivity index (χ0) is 12.4. The van der Waals surface area contributed by atoms with Crippen LogP contribution in [0.3, 0.4) is 0 Å². The average molecular weight is 269 g/mol. The molecule has 1 aromatic heterocycles. The number of halogens is 2. The van der Waals surface area contributed by atoms with E-state index in [1.165, 1.54) is 0 Å². The zero-order valence-corrected chi connectivity index (χ0v) is 10.3. The van der Waals surface area contributed by atoms with Crippen molar-refractivity contribution >= 4 is 28.9 Å². The number of hydrogen-bond acceptors (Lipinski definition) is 3. The first-order chi connectivity index (χ1) is 8.11. The van der Waals surface area contributed by atoms with Gasteiger partial charge in [0.2, 0.25) is 0 Å². The van der Waals surface area contributed by atoms with Gasteiger partial charge < -0.3 is 10.8 Å². The summed E-state index contributed by atoms with van der Waals surface area (Å²) in [6.45, 7) is -0.193. The summed E-state index contributed by atoms with van der Waals surface area (Å²) in [6, 6.07) is 8.72. The van der Waals surface area contributed by atoms with Crippen molar-refractivity contribution in [2.75, 3.05) is 5.73 Å². The molecule has 88 valence electrons. The van der Waals surface area contributed by atoms with Crippen LogP contribution in [0, 0.1) is 0 Å². The summed E-state index contributed by atoms with van der Waals surface area (Å²) in [7, 11) is 0. The molecule has 3 nitrogen and oxygen atoms in total. The highest BCUT2D eigenvalue weighted by Gasteiger charge is 2.06. The molecule has 0 saturated heterocycles. The van der Waals surface area contributed by atoms with E-state index >= 15 is 0 Å². The second-order valence-corrected chi connectivity index (χ2v) is 4.33. The summed E-state index contributed by atoms with van der Waals surface area (Å²) >= 11 is 11.8. The van der Waals surface area contributed by atoms with Crippen LogP contribution in [-0.2, 0) is 6.61 Å². The van der Waals surface area contributed by atoms with Crippen LogP contribution in [0.25, 0.3) is 11.3 Å². The average Bonchev–Trinajstić information content (AvgIpc) is 2.33. The van der Waals surface area contributed by atoms with Gasteiger partial charge in [-0.1, -0.05) is 29.3 Å². The fraction of sp³-hybridized carbons (Fsp3) is 0.0833. The van der Waals surface area contributed by atoms with Crippen molar-refractivity contribution in [3.8, 4) is 11.3 Å². The minimum atomic E-state index is -0.193. The molecule has 5 heteroatoms. The summed E-state index contributed by atoms with van der Waals surface area (Å²) in [5, 5.41) is 10.1. The van der Waals surface area contributed by atoms with Crippen molar-refractivity contribution in [2.24, 2.45) is 0 Å². The predicted octanol–water partition coefficient (Wildman–Crippen LogP) is 3.13. The number of hydrogen-bond donors (Lipinski definition) is 2. The van der Waals surface area contributed by atoms with E-state index < -0.39 is 0 Å². The Morgan fingerprint density at radius 3 is 2.53 bits per heavy atom. The Balaban J connectivity index is 2.49. The Morgan fingerprint density at radius 1 is 1.12 bits per heavy atom. The molecule has 2 aromatic rings. The van der Waals surface area contributed by atoms with Crippen molar-refractivity contribution in [2.45, 2.75) is 6.61 Å². The van der Waals surface area contributed by atoms with E-state index in [2.05, 4.69) is 4.98 Å². The highest BCUT2D eigenvalue weighted by atomic mass is 35.5. The van der Waals surface area contributed by atoms with Gasteiger partial charge in [0.1, 0.15) is 0 Å². The molecule has 0 saturated carbocycles. The van der Waals surface area contributed by atoms with Crippen LogP contribution in [0.1, 0.15) is 5.69 Å². The molecule has 0 fully saturated rings. The molecule has 0 bridgehead atoms. The van der Waals surface area contributed by atoms with E-state index in [1.54, 1.807) is 24.3 Å². The van der Waals surface area contributed by atoms with Crippen LogP contribution in [0.2, 0.25) is 10.0 Å². The molecular formula is C12H10Cl2N2O. The van der Waals surface area contributed by atoms with E-state index in [0.717, 1.165) is 5.56 Å². The van der Waals surface area contributed by atoms with Crippen LogP contribution in [0.15, 0.2) is 30.3 Å². The predicted molar refractivity (Wildman–Crippen MR) is 70.0 cm³/mol. The molecule has 0 aliphatic heterocycles. The van der Waals surface area contributed by atoms with Crippen LogP contribution >= 0.6 is 23.2 Å². The molecule has 0 spiro atoms. The maximum atomic E-state index is 9.10. The number of aliphatic hydroxyl groups is 1. The van der Waals surface area contributed by atoms with Gasteiger partial charge in [-0.3, -0.25) is 0 Å². The Labute approximate surface area is 109 Å². The number of nitrogen functional groups attached to an aromatic ring is 1. The number of nitrogens with zero attached hydrogens (tertiary/aromatic N) is 1. The fourth-order valence-corrected chi connectivity index (χ4v) is 1.75. The molecule has 0 aliphatic rings. The third-order valence-electron chi connectivity index (χ3n) is 2.37. The Morgan fingerprint density at radius 2 is 1.88 bits per heavy atom. The standard InChI is InChI=1S/C12H10Cl2N2O/c13-8-2-1-7(5-9(8)14)11-4-3-10(15)12(6-17)16-11/h1-5,17H,6,15H2. The molecular weight excluding hydrogens is 259 g/mol. The lowest BCUT2D eigenvalue weighted by Gasteiger charge is -2.06. The van der Waals surface area contributed by atoms with Gasteiger partial charge in [0.05, 0.1) is 33.7 Å². The topological polar surface area (TPSA) is 59.1 Å². The first-order valence-electron chi connectivity index (χ1n) is 4.93. The largest absolute Gasteiger partial charge is 0.397 e. The lowest BCUT2D eigenvalue weighted by Crippen LogP contribution is -1.98. The molecule has 0 amide bonds. The lowest BCUT2D eigenvalue weighted by atomic mass is 10.1. The monoisotopic (exact) mass is 268 g/mol. The maximum absolute atomic E-state index is 9.10. The summed E-state index contributed by atoms with van der Waals surface area (Å²) < 4.78 is 0. The Hall–Kier alpha value is -1.29. The SMILES string of the molecule is Nc1ccc(-c2ccc(Cl)c(Cl)c2)nc1CO. The Bertz CT molecular complexity index is 558. The molecule has 0 aliphatic carbocycles. The summed E-state index contributed by atoms with van der Waals surface area (Å²) in [4.78, 5) is 4.26. The van der Waals surface area contributed by atoms with Crippen LogP contribution < -0.4 is 5.73 Å². The minimum Gasteiger partial charge on any atom is -0.397 e. The number of aromatic nitrogens is 1. The van der Waals surface area contributed by atoms with Gasteiger partial charge in [-0.2, -0.15) is 0 Å². The first-order valence-corrected chi connectivity index (χ1v) is 5.69. The first kappa shape index (κ1) is 12.2. The minimum absolute atomic E-state index is 0.193. The molecule has 2 rings (SSSR count). The smallest absolute Gasteiger partial charge is 0.0894 e. The molecule has 0 atom stereocenters. The summed E-state index contributed by atoms with van der Waals surface area (Å²) in [5.41, 5.74) is 8.11. The van der Waals surface area contributed by atoms with Gasteiger partial charge in [-0.25, -0.2) is 4.98 Å². The second kappa shape index (κ2) is 4.92. The number of rotatable bonds is 2. The number of nitrogens with two attached hydrogens (primary N) is 1. The van der Waals surface area contributed by atoms with Gasteiger partial charge in [0.15, 0.2) is 0 Å². The van der Waals surface area contributed by atoms with Gasteiger partial charge in [0.25, 0.3) is 0 Å². The van der Waals surface area contributed by atoms with Gasteiger partial charge in [-0.15, -0.1) is 0 Å². The normalized spacial score (nSPS) is 10.5. The van der Waals surface area contributed by atoms with E-state index in [0.29, 0.717) is 27.1 Å². The maximum Gasteiger partial charge on any atom is 0.0894 e. The van der Waals surface area contributed by atoms with E-state index in [1.807, 2.05) is 6.07 Å². The molecule has 0 radical (unpaired) electrons. The Kier molecular flexibility index (Phi) is 3.52. The zero-order valence-electron chi connectivity index (χ0n) is 8.82. The van der Waals surface area contributed by atoms with Crippen molar-refractivity contribution in [1.82, 2.24) is 4.98 Å². The highest BCUT2D eigenvalue weighted by Crippen LogP contribution is 2.28. The highest BCUT2D eigenvalue weighted by molar-refractivity contribution is 6.42. The summed E-state index contributed by atoms with van der Waals surface area (Å²) in [5.74, 6) is 0. The van der Waals surface area contributed by atoms with Gasteiger partial charge >= 0.3 is 0 Å². The van der Waals surface area contributed by atoms with Gasteiger partial charge in [-0.05, 0) is 24.3 Å². The summed E-state index contributed by atoms with van der Waals surface area (Å²) in [6.07, 6.45) is 0. The number of pyridine rings is 1. The quantitative estimate of drug-likeness (QED) is 0.880. The third-order valence-corrected chi connectivity index (χ3v) is 3.11. The lowest BCUT2D eigenvalue weighted by molar-refractivity contribution is 0.278. The van der Waals surface area contributed by atoms with Crippen LogP contribution in [0.5, 0.6) is 0 Å².